The predicted octanol–water partition coefficient (Wildman–Crippen LogP) is 4.38. The average Bonchev–Trinajstić information content (AvgIpc) is 2.79. The normalized spacial score (nSPS) is 10.5. The van der Waals surface area contributed by atoms with Gasteiger partial charge in [0.1, 0.15) is 17.4 Å². The first-order chi connectivity index (χ1) is 15.9. The van der Waals surface area contributed by atoms with Gasteiger partial charge in [0.15, 0.2) is 6.61 Å². The number of ether oxygens (including phenoxy) is 1. The number of nitriles is 1. The number of benzene rings is 3. The summed E-state index contributed by atoms with van der Waals surface area (Å²) in [6, 6.07) is 15.5. The Morgan fingerprint density at radius 3 is 2.52 bits per heavy atom. The summed E-state index contributed by atoms with van der Waals surface area (Å²) in [5, 5.41) is 15.1. The molecule has 0 bridgehead atoms. The number of hydrogen-bond donors (Lipinski definition) is 2. The van der Waals surface area contributed by atoms with Crippen molar-refractivity contribution in [2.24, 2.45) is 5.10 Å². The van der Waals surface area contributed by atoms with Gasteiger partial charge in [-0.2, -0.15) is 10.4 Å². The molecule has 0 aliphatic carbocycles. The molecular weight excluding hydrogens is 498 g/mol. The van der Waals surface area contributed by atoms with E-state index in [-0.39, 0.29) is 17.7 Å². The second kappa shape index (κ2) is 11.0. The summed E-state index contributed by atoms with van der Waals surface area (Å²) < 4.78 is 32.8. The lowest BCUT2D eigenvalue weighted by molar-refractivity contribution is -0.118. The highest BCUT2D eigenvalue weighted by Crippen LogP contribution is 2.25. The summed E-state index contributed by atoms with van der Waals surface area (Å²) in [5.74, 6) is -2.02. The maximum Gasteiger partial charge on any atom is 0.274 e. The summed E-state index contributed by atoms with van der Waals surface area (Å²) in [4.78, 5) is 24.0. The predicted molar refractivity (Wildman–Crippen MR) is 121 cm³/mol. The van der Waals surface area contributed by atoms with E-state index in [1.165, 1.54) is 42.6 Å². The number of hydrogen-bond acceptors (Lipinski definition) is 5. The van der Waals surface area contributed by atoms with Crippen LogP contribution in [0.3, 0.4) is 0 Å². The number of hydrazone groups is 1. The van der Waals surface area contributed by atoms with Crippen LogP contribution in [0.5, 0.6) is 5.75 Å². The van der Waals surface area contributed by atoms with Crippen LogP contribution in [0.2, 0.25) is 0 Å². The average molecular weight is 513 g/mol. The highest BCUT2D eigenvalue weighted by Gasteiger charge is 2.12. The van der Waals surface area contributed by atoms with Crippen molar-refractivity contribution in [2.45, 2.75) is 0 Å². The monoisotopic (exact) mass is 512 g/mol. The quantitative estimate of drug-likeness (QED) is 0.362. The van der Waals surface area contributed by atoms with Gasteiger partial charge in [-0.05, 0) is 82.2 Å². The first kappa shape index (κ1) is 23.6. The Morgan fingerprint density at radius 2 is 1.85 bits per heavy atom. The van der Waals surface area contributed by atoms with Crippen LogP contribution < -0.4 is 15.5 Å². The van der Waals surface area contributed by atoms with Crippen molar-refractivity contribution in [1.29, 1.82) is 5.26 Å². The number of amides is 2. The Labute approximate surface area is 195 Å². The van der Waals surface area contributed by atoms with Crippen molar-refractivity contribution in [2.75, 3.05) is 11.9 Å². The first-order valence-corrected chi connectivity index (χ1v) is 10.2. The van der Waals surface area contributed by atoms with E-state index >= 15 is 0 Å². The molecule has 3 rings (SSSR count). The van der Waals surface area contributed by atoms with Crippen molar-refractivity contribution in [3.63, 3.8) is 0 Å². The molecule has 2 amide bonds. The molecule has 3 aromatic rings. The second-order valence-corrected chi connectivity index (χ2v) is 7.39. The molecule has 0 radical (unpaired) electrons. The lowest BCUT2D eigenvalue weighted by Crippen LogP contribution is -2.20. The van der Waals surface area contributed by atoms with Gasteiger partial charge in [0.05, 0.1) is 27.9 Å². The molecule has 0 atom stereocenters. The zero-order chi connectivity index (χ0) is 23.8. The molecule has 0 saturated heterocycles. The Balaban J connectivity index is 1.54. The highest BCUT2D eigenvalue weighted by molar-refractivity contribution is 9.10. The largest absolute Gasteiger partial charge is 0.483 e. The van der Waals surface area contributed by atoms with Gasteiger partial charge in [-0.1, -0.05) is 0 Å². The Kier molecular flexibility index (Phi) is 7.83. The third-order valence-electron chi connectivity index (χ3n) is 4.17. The first-order valence-electron chi connectivity index (χ1n) is 9.36. The minimum atomic E-state index is -0.825. The van der Waals surface area contributed by atoms with Crippen LogP contribution in [0.25, 0.3) is 0 Å². The number of nitrogens with zero attached hydrogens (tertiary/aromatic N) is 2. The van der Waals surface area contributed by atoms with Crippen molar-refractivity contribution >= 4 is 39.6 Å². The van der Waals surface area contributed by atoms with Gasteiger partial charge in [-0.15, -0.1) is 0 Å². The van der Waals surface area contributed by atoms with Crippen molar-refractivity contribution in [3.05, 3.63) is 93.5 Å². The third kappa shape index (κ3) is 6.69. The van der Waals surface area contributed by atoms with Gasteiger partial charge in [0.2, 0.25) is 0 Å². The SMILES string of the molecule is N#Cc1ccc(C(=O)NN=Cc2ccc(OCC(=O)Nc3ccc(F)cc3)c(Br)c2)c(F)c1. The third-order valence-corrected chi connectivity index (χ3v) is 4.78. The van der Waals surface area contributed by atoms with Gasteiger partial charge in [0.25, 0.3) is 11.8 Å². The van der Waals surface area contributed by atoms with E-state index in [4.69, 9.17) is 10.00 Å². The summed E-state index contributed by atoms with van der Waals surface area (Å²) in [7, 11) is 0. The topological polar surface area (TPSA) is 104 Å². The van der Waals surface area contributed by atoms with Crippen LogP contribution in [-0.2, 0) is 4.79 Å². The number of rotatable bonds is 7. The van der Waals surface area contributed by atoms with E-state index in [0.29, 0.717) is 21.5 Å². The van der Waals surface area contributed by atoms with Crippen molar-refractivity contribution in [1.82, 2.24) is 5.43 Å². The molecule has 3 aromatic carbocycles. The molecule has 33 heavy (non-hydrogen) atoms. The molecule has 0 unspecified atom stereocenters. The molecule has 0 aliphatic rings. The molecule has 7 nitrogen and oxygen atoms in total. The standard InChI is InChI=1S/C23H15BrF2N4O3/c24-19-9-15(12-28-30-23(32)18-7-1-14(11-27)10-20(18)26)2-8-21(19)33-13-22(31)29-17-5-3-16(25)4-6-17/h1-10,12H,13H2,(H,29,31)(H,30,32). The molecule has 0 fully saturated rings. The fourth-order valence-electron chi connectivity index (χ4n) is 2.58. The smallest absolute Gasteiger partial charge is 0.274 e. The molecule has 0 aromatic heterocycles. The van der Waals surface area contributed by atoms with Crippen molar-refractivity contribution in [3.8, 4) is 11.8 Å². The van der Waals surface area contributed by atoms with Crippen LogP contribution in [0, 0.1) is 23.0 Å². The van der Waals surface area contributed by atoms with Crippen molar-refractivity contribution < 1.29 is 23.1 Å². The number of nitrogens with one attached hydrogen (secondary N) is 2. The Bertz CT molecular complexity index is 1260. The molecule has 2 N–H and O–H groups in total. The van der Waals surface area contributed by atoms with Crippen LogP contribution >= 0.6 is 15.9 Å². The lowest BCUT2D eigenvalue weighted by Gasteiger charge is -2.09. The summed E-state index contributed by atoms with van der Waals surface area (Å²) >= 11 is 3.33. The van der Waals surface area contributed by atoms with Gasteiger partial charge in [0, 0.05) is 5.69 Å². The molecule has 0 spiro atoms. The summed E-state index contributed by atoms with van der Waals surface area (Å²) in [6.45, 7) is -0.268. The fourth-order valence-corrected chi connectivity index (χ4v) is 3.09. The zero-order valence-electron chi connectivity index (χ0n) is 16.8. The van der Waals surface area contributed by atoms with E-state index < -0.39 is 23.4 Å². The van der Waals surface area contributed by atoms with Crippen LogP contribution in [-0.4, -0.2) is 24.6 Å². The van der Waals surface area contributed by atoms with Gasteiger partial charge in [-0.3, -0.25) is 9.59 Å². The van der Waals surface area contributed by atoms with E-state index in [2.05, 4.69) is 31.8 Å². The van der Waals surface area contributed by atoms with E-state index in [1.54, 1.807) is 24.3 Å². The Hall–Kier alpha value is -4.10. The lowest BCUT2D eigenvalue weighted by atomic mass is 10.1. The second-order valence-electron chi connectivity index (χ2n) is 6.54. The fraction of sp³-hybridized carbons (Fsp3) is 0.0435. The van der Waals surface area contributed by atoms with Gasteiger partial charge >= 0.3 is 0 Å². The molecule has 166 valence electrons. The minimum absolute atomic E-state index is 0.104. The maximum atomic E-state index is 13.9. The molecule has 0 heterocycles. The zero-order valence-corrected chi connectivity index (χ0v) is 18.4. The molecule has 10 heteroatoms. The van der Waals surface area contributed by atoms with E-state index in [9.17, 15) is 18.4 Å². The molecular formula is C23H15BrF2N4O3. The van der Waals surface area contributed by atoms with Crippen LogP contribution in [0.15, 0.2) is 70.2 Å². The summed E-state index contributed by atoms with van der Waals surface area (Å²) in [5.41, 5.74) is 3.11. The van der Waals surface area contributed by atoms with Crippen LogP contribution in [0.4, 0.5) is 14.5 Å². The maximum absolute atomic E-state index is 13.9. The number of anilines is 1. The van der Waals surface area contributed by atoms with E-state index in [0.717, 1.165) is 6.07 Å². The highest BCUT2D eigenvalue weighted by atomic mass is 79.9. The molecule has 0 saturated carbocycles. The van der Waals surface area contributed by atoms with Crippen LogP contribution in [0.1, 0.15) is 21.5 Å². The summed E-state index contributed by atoms with van der Waals surface area (Å²) in [6.07, 6.45) is 1.34. The number of halogens is 3. The van der Waals surface area contributed by atoms with Gasteiger partial charge < -0.3 is 10.1 Å². The van der Waals surface area contributed by atoms with Gasteiger partial charge in [-0.25, -0.2) is 14.2 Å². The Morgan fingerprint density at radius 1 is 1.09 bits per heavy atom. The number of carbonyl (C=O) groups is 2. The van der Waals surface area contributed by atoms with E-state index in [1.807, 2.05) is 0 Å². The molecule has 0 aliphatic heterocycles. The minimum Gasteiger partial charge on any atom is -0.483 e. The number of carbonyl (C=O) groups excluding carboxylic acids is 2.